The molecule has 0 radical (unpaired) electrons. The molecule has 3 aromatic rings. The molecule has 2 nitrogen and oxygen atoms in total. The van der Waals surface area contributed by atoms with E-state index < -0.39 is 0 Å². The molecular formula is C18H12BrClFNOS. The third kappa shape index (κ3) is 2.68. The monoisotopic (exact) mass is 423 g/mol. The van der Waals surface area contributed by atoms with Gasteiger partial charge in [-0.3, -0.25) is 4.79 Å². The molecule has 0 N–H and O–H groups in total. The first-order valence-corrected chi connectivity index (χ1v) is 9.52. The van der Waals surface area contributed by atoms with Crippen molar-refractivity contribution in [1.82, 2.24) is 4.40 Å². The van der Waals surface area contributed by atoms with Crippen LogP contribution in [-0.2, 0) is 6.42 Å². The zero-order chi connectivity index (χ0) is 16.8. The van der Waals surface area contributed by atoms with Crippen LogP contribution in [0.3, 0.4) is 0 Å². The van der Waals surface area contributed by atoms with Crippen molar-refractivity contribution in [2.24, 2.45) is 0 Å². The fourth-order valence-electron chi connectivity index (χ4n) is 3.12. The summed E-state index contributed by atoms with van der Waals surface area (Å²) in [6, 6.07) is 8.94. The van der Waals surface area contributed by atoms with Gasteiger partial charge in [0.05, 0.1) is 16.0 Å². The maximum Gasteiger partial charge on any atom is 0.165 e. The maximum atomic E-state index is 13.9. The minimum atomic E-state index is -0.326. The van der Waals surface area contributed by atoms with Gasteiger partial charge in [-0.15, -0.1) is 0 Å². The molecule has 4 rings (SSSR count). The van der Waals surface area contributed by atoms with E-state index in [1.807, 2.05) is 28.7 Å². The summed E-state index contributed by atoms with van der Waals surface area (Å²) >= 11 is 10.9. The molecule has 1 aliphatic carbocycles. The Bertz CT molecular complexity index is 968. The summed E-state index contributed by atoms with van der Waals surface area (Å²) in [4.78, 5) is 14.4. The average Bonchev–Trinajstić information content (AvgIpc) is 2.85. The molecule has 2 heterocycles. The molecule has 0 amide bonds. The van der Waals surface area contributed by atoms with Crippen LogP contribution in [-0.4, -0.2) is 10.2 Å². The number of aromatic nitrogens is 1. The van der Waals surface area contributed by atoms with Crippen molar-refractivity contribution in [2.75, 3.05) is 0 Å². The van der Waals surface area contributed by atoms with Gasteiger partial charge in [0.15, 0.2) is 5.78 Å². The smallest absolute Gasteiger partial charge is 0.165 e. The second-order valence-corrected chi connectivity index (χ2v) is 8.08. The average molecular weight is 425 g/mol. The number of rotatable bonds is 2. The Morgan fingerprint density at radius 2 is 1.96 bits per heavy atom. The fourth-order valence-corrected chi connectivity index (χ4v) is 5.14. The zero-order valence-corrected chi connectivity index (χ0v) is 15.6. The molecule has 0 fully saturated rings. The maximum absolute atomic E-state index is 13.9. The van der Waals surface area contributed by atoms with Crippen molar-refractivity contribution in [3.8, 4) is 0 Å². The number of benzene rings is 1. The lowest BCUT2D eigenvalue weighted by Crippen LogP contribution is -2.11. The molecule has 24 heavy (non-hydrogen) atoms. The second kappa shape index (κ2) is 6.21. The summed E-state index contributed by atoms with van der Waals surface area (Å²) in [5.74, 6) is -0.197. The van der Waals surface area contributed by atoms with Gasteiger partial charge < -0.3 is 4.40 Å². The van der Waals surface area contributed by atoms with Gasteiger partial charge in [0, 0.05) is 32.7 Å². The number of Topliss-reactive ketones (excluding diaryl/α,β-unsaturated/α-hetero) is 1. The minimum absolute atomic E-state index is 0.128. The topological polar surface area (TPSA) is 21.5 Å². The van der Waals surface area contributed by atoms with Gasteiger partial charge in [0.1, 0.15) is 5.82 Å². The molecule has 6 heteroatoms. The van der Waals surface area contributed by atoms with E-state index in [1.165, 1.54) is 24.0 Å². The summed E-state index contributed by atoms with van der Waals surface area (Å²) < 4.78 is 16.4. The molecule has 0 atom stereocenters. The summed E-state index contributed by atoms with van der Waals surface area (Å²) in [6.45, 7) is 0. The van der Waals surface area contributed by atoms with Crippen LogP contribution >= 0.6 is 39.3 Å². The van der Waals surface area contributed by atoms with Crippen molar-refractivity contribution in [3.63, 3.8) is 0 Å². The normalized spacial score (nSPS) is 14.2. The van der Waals surface area contributed by atoms with Crippen molar-refractivity contribution in [2.45, 2.75) is 29.1 Å². The van der Waals surface area contributed by atoms with Gasteiger partial charge in [0.25, 0.3) is 0 Å². The Labute approximate surface area is 156 Å². The van der Waals surface area contributed by atoms with E-state index in [0.29, 0.717) is 15.9 Å². The minimum Gasteiger partial charge on any atom is -0.315 e. The summed E-state index contributed by atoms with van der Waals surface area (Å²) in [5, 5.41) is 0.669. The highest BCUT2D eigenvalue weighted by Gasteiger charge is 2.28. The van der Waals surface area contributed by atoms with Crippen LogP contribution in [0.5, 0.6) is 0 Å². The number of fused-ring (bicyclic) bond motifs is 3. The lowest BCUT2D eigenvalue weighted by molar-refractivity contribution is 0.0969. The summed E-state index contributed by atoms with van der Waals surface area (Å²) in [5.41, 5.74) is 2.47. The second-order valence-electron chi connectivity index (χ2n) is 5.71. The van der Waals surface area contributed by atoms with Crippen LogP contribution in [0, 0.1) is 5.82 Å². The van der Waals surface area contributed by atoms with E-state index in [1.54, 1.807) is 0 Å². The van der Waals surface area contributed by atoms with E-state index in [-0.39, 0.29) is 11.6 Å². The number of aryl methyl sites for hydroxylation is 1. The van der Waals surface area contributed by atoms with Crippen LogP contribution in [0.25, 0.3) is 5.52 Å². The van der Waals surface area contributed by atoms with Gasteiger partial charge >= 0.3 is 0 Å². The molecule has 0 aliphatic heterocycles. The van der Waals surface area contributed by atoms with E-state index in [2.05, 4.69) is 15.9 Å². The number of nitrogens with zero attached hydrogens (tertiary/aromatic N) is 1. The number of hydrogen-bond donors (Lipinski definition) is 0. The molecule has 122 valence electrons. The summed E-state index contributed by atoms with van der Waals surface area (Å²) in [6.07, 6.45) is 3.58. The first kappa shape index (κ1) is 16.2. The van der Waals surface area contributed by atoms with Gasteiger partial charge in [-0.1, -0.05) is 23.4 Å². The Balaban J connectivity index is 1.97. The first-order valence-electron chi connectivity index (χ1n) is 7.53. The number of hydrogen-bond acceptors (Lipinski definition) is 2. The highest BCUT2D eigenvalue weighted by molar-refractivity contribution is 9.10. The molecule has 2 aromatic heterocycles. The van der Waals surface area contributed by atoms with Crippen LogP contribution in [0.2, 0.25) is 5.02 Å². The lowest BCUT2D eigenvalue weighted by Gasteiger charge is -2.12. The molecule has 0 saturated carbocycles. The van der Waals surface area contributed by atoms with Crippen molar-refractivity contribution < 1.29 is 9.18 Å². The zero-order valence-electron chi connectivity index (χ0n) is 12.5. The highest BCUT2D eigenvalue weighted by atomic mass is 79.9. The molecule has 0 saturated heterocycles. The van der Waals surface area contributed by atoms with Gasteiger partial charge in [-0.05, 0) is 59.1 Å². The fraction of sp³-hybridized carbons (Fsp3) is 0.167. The Morgan fingerprint density at radius 3 is 2.71 bits per heavy atom. The summed E-state index contributed by atoms with van der Waals surface area (Å²) in [7, 11) is 0. The van der Waals surface area contributed by atoms with E-state index in [4.69, 9.17) is 11.6 Å². The Kier molecular flexibility index (Phi) is 4.19. The predicted molar refractivity (Wildman–Crippen MR) is 97.9 cm³/mol. The Morgan fingerprint density at radius 1 is 1.21 bits per heavy atom. The van der Waals surface area contributed by atoms with Gasteiger partial charge in [0.2, 0.25) is 0 Å². The number of halogens is 3. The highest BCUT2D eigenvalue weighted by Crippen LogP contribution is 2.43. The molecule has 0 unspecified atom stereocenters. The van der Waals surface area contributed by atoms with Crippen LogP contribution < -0.4 is 0 Å². The van der Waals surface area contributed by atoms with Crippen LogP contribution in [0.1, 0.15) is 28.9 Å². The first-order chi connectivity index (χ1) is 11.5. The molecular weight excluding hydrogens is 413 g/mol. The molecule has 0 bridgehead atoms. The van der Waals surface area contributed by atoms with Gasteiger partial charge in [-0.25, -0.2) is 4.39 Å². The quantitative estimate of drug-likeness (QED) is 0.491. The van der Waals surface area contributed by atoms with E-state index in [0.717, 1.165) is 39.4 Å². The third-order valence-electron chi connectivity index (χ3n) is 4.14. The van der Waals surface area contributed by atoms with Gasteiger partial charge in [-0.2, -0.15) is 0 Å². The number of carbonyl (C=O) groups is 1. The number of carbonyl (C=O) groups excluding carboxylic acids is 1. The number of pyridine rings is 1. The van der Waals surface area contributed by atoms with Crippen LogP contribution in [0.4, 0.5) is 4.39 Å². The molecule has 1 aliphatic rings. The van der Waals surface area contributed by atoms with E-state index >= 15 is 0 Å². The van der Waals surface area contributed by atoms with Crippen molar-refractivity contribution in [1.29, 1.82) is 0 Å². The van der Waals surface area contributed by atoms with E-state index in [9.17, 15) is 9.18 Å². The van der Waals surface area contributed by atoms with Crippen LogP contribution in [0.15, 0.2) is 50.8 Å². The molecule has 0 spiro atoms. The van der Waals surface area contributed by atoms with Crippen molar-refractivity contribution >= 4 is 50.6 Å². The Hall–Kier alpha value is -1.30. The lowest BCUT2D eigenvalue weighted by atomic mass is 9.97. The van der Waals surface area contributed by atoms with Crippen molar-refractivity contribution in [3.05, 3.63) is 63.1 Å². The SMILES string of the molecule is O=C1CCCc2c1c(Sc1ccc(Cl)cc1)c1c(Br)cc(F)cn21. The largest absolute Gasteiger partial charge is 0.315 e. The standard InChI is InChI=1S/C18H12BrClFNOS/c19-13-8-11(21)9-22-14-2-1-3-15(23)16(14)18(17(13)22)24-12-6-4-10(20)5-7-12/h4-9H,1-3H2. The molecule has 1 aromatic carbocycles. The number of ketones is 1. The third-order valence-corrected chi connectivity index (χ3v) is 6.10. The predicted octanol–water partition coefficient (Wildman–Crippen LogP) is 6.16.